The lowest BCUT2D eigenvalue weighted by atomic mass is 9.84. The van der Waals surface area contributed by atoms with Crippen LogP contribution in [0.4, 0.5) is 22.7 Å². The van der Waals surface area contributed by atoms with Crippen LogP contribution in [0.5, 0.6) is 11.5 Å². The van der Waals surface area contributed by atoms with E-state index in [2.05, 4.69) is 158 Å². The molecule has 63 heavy (non-hydrogen) atoms. The standard InChI is InChI=1S/C58H44N4O/c1-58(2,3)41-18-11-16-39(34-41)46-24-13-25-50-47-22-5-4-21-45(47)38-15-10-17-40(33-38)51-26-14-30-56(59-51)62-52-27-7-6-23-48(52)49-32-31-44(36-55(49)62)63-43-20-12-19-42(35-43)60-37-61(57(46)50)54-29-9-8-28-53(54)60/h4-36H,37H2,1-3H3/i6D,7D,23D,27D. The molecule has 2 aliphatic rings. The van der Waals surface area contributed by atoms with Gasteiger partial charge in [-0.15, -0.1) is 0 Å². The second-order valence-electron chi connectivity index (χ2n) is 17.4. The van der Waals surface area contributed by atoms with Gasteiger partial charge in [-0.3, -0.25) is 4.57 Å². The Morgan fingerprint density at radius 3 is 2.08 bits per heavy atom. The van der Waals surface area contributed by atoms with Crippen molar-refractivity contribution in [1.82, 2.24) is 9.55 Å². The Bertz CT molecular complexity index is 3670. The van der Waals surface area contributed by atoms with Crippen LogP contribution in [0.2, 0.25) is 0 Å². The maximum Gasteiger partial charge on any atom is 0.138 e. The summed E-state index contributed by atoms with van der Waals surface area (Å²) >= 11 is 0. The summed E-state index contributed by atoms with van der Waals surface area (Å²) in [6, 6.07) is 60.2. The summed E-state index contributed by atoms with van der Waals surface area (Å²) in [6.45, 7) is 7.33. The number of benzene rings is 8. The zero-order chi connectivity index (χ0) is 45.7. The molecule has 0 radical (unpaired) electrons. The molecule has 5 heteroatoms. The number of para-hydroxylation sites is 4. The molecule has 0 N–H and O–H groups in total. The maximum absolute atomic E-state index is 9.19. The fraction of sp³-hybridized carbons (Fsp3) is 0.0862. The van der Waals surface area contributed by atoms with E-state index in [1.807, 2.05) is 53.1 Å². The third-order valence-corrected chi connectivity index (χ3v) is 12.5. The lowest BCUT2D eigenvalue weighted by molar-refractivity contribution is 0.483. The summed E-state index contributed by atoms with van der Waals surface area (Å²) in [5.74, 6) is 1.71. The van der Waals surface area contributed by atoms with Crippen molar-refractivity contribution in [3.8, 4) is 62.0 Å². The summed E-state index contributed by atoms with van der Waals surface area (Å²) in [7, 11) is 0. The highest BCUT2D eigenvalue weighted by Gasteiger charge is 2.32. The lowest BCUT2D eigenvalue weighted by Crippen LogP contribution is -2.25. The predicted octanol–water partition coefficient (Wildman–Crippen LogP) is 15.5. The number of nitrogens with zero attached hydrogens (tertiary/aromatic N) is 4. The molecule has 5 nitrogen and oxygen atoms in total. The molecule has 10 bridgehead atoms. The Balaban J connectivity index is 1.14. The molecule has 0 atom stereocenters. The van der Waals surface area contributed by atoms with Gasteiger partial charge in [0, 0.05) is 45.3 Å². The number of hydrogen-bond acceptors (Lipinski definition) is 4. The Hall–Kier alpha value is -7.89. The Morgan fingerprint density at radius 1 is 0.524 bits per heavy atom. The molecule has 0 amide bonds. The maximum atomic E-state index is 9.19. The topological polar surface area (TPSA) is 33.5 Å². The van der Waals surface area contributed by atoms with Crippen LogP contribution < -0.4 is 14.5 Å². The van der Waals surface area contributed by atoms with E-state index in [1.54, 1.807) is 0 Å². The predicted molar refractivity (Wildman–Crippen MR) is 261 cm³/mol. The van der Waals surface area contributed by atoms with Crippen molar-refractivity contribution in [3.63, 3.8) is 0 Å². The van der Waals surface area contributed by atoms with E-state index in [4.69, 9.17) is 13.8 Å². The van der Waals surface area contributed by atoms with E-state index in [0.717, 1.165) is 67.4 Å². The van der Waals surface area contributed by atoms with E-state index in [-0.39, 0.29) is 29.6 Å². The smallest absolute Gasteiger partial charge is 0.138 e. The Labute approximate surface area is 373 Å². The minimum atomic E-state index is -0.302. The average molecular weight is 817 g/mol. The van der Waals surface area contributed by atoms with Gasteiger partial charge in [-0.1, -0.05) is 148 Å². The van der Waals surface area contributed by atoms with Gasteiger partial charge < -0.3 is 14.5 Å². The van der Waals surface area contributed by atoms with Crippen molar-refractivity contribution < 1.29 is 10.2 Å². The molecule has 2 aromatic heterocycles. The van der Waals surface area contributed by atoms with Gasteiger partial charge in [-0.2, -0.15) is 0 Å². The molecular weight excluding hydrogens is 769 g/mol. The second kappa shape index (κ2) is 14.4. The van der Waals surface area contributed by atoms with E-state index < -0.39 is 0 Å². The van der Waals surface area contributed by atoms with Crippen LogP contribution >= 0.6 is 0 Å². The van der Waals surface area contributed by atoms with Crippen molar-refractivity contribution in [2.75, 3.05) is 16.5 Å². The second-order valence-corrected chi connectivity index (χ2v) is 17.4. The fourth-order valence-corrected chi connectivity index (χ4v) is 9.44. The first kappa shape index (κ1) is 32.8. The van der Waals surface area contributed by atoms with Crippen LogP contribution in [-0.4, -0.2) is 16.2 Å². The molecule has 8 aromatic carbocycles. The number of pyridine rings is 1. The summed E-state index contributed by atoms with van der Waals surface area (Å²) in [6.07, 6.45) is 0. The molecule has 10 aromatic rings. The van der Waals surface area contributed by atoms with Gasteiger partial charge in [0.05, 0.1) is 39.3 Å². The molecule has 2 aliphatic heterocycles. The van der Waals surface area contributed by atoms with Crippen LogP contribution in [0, 0.1) is 0 Å². The first-order chi connectivity index (χ1) is 32.5. The van der Waals surface area contributed by atoms with Gasteiger partial charge in [0.25, 0.3) is 0 Å². The van der Waals surface area contributed by atoms with Crippen molar-refractivity contribution in [2.24, 2.45) is 0 Å². The largest absolute Gasteiger partial charge is 0.457 e. The highest BCUT2D eigenvalue weighted by atomic mass is 16.5. The van der Waals surface area contributed by atoms with E-state index in [0.29, 0.717) is 45.8 Å². The summed E-state index contributed by atoms with van der Waals surface area (Å²) < 4.78 is 44.2. The number of anilines is 4. The average Bonchev–Trinajstić information content (AvgIpc) is 3.91. The lowest BCUT2D eigenvalue weighted by Gasteiger charge is -2.28. The minimum Gasteiger partial charge on any atom is -0.457 e. The van der Waals surface area contributed by atoms with E-state index in [1.165, 1.54) is 5.56 Å². The van der Waals surface area contributed by atoms with Gasteiger partial charge in [0.15, 0.2) is 0 Å². The zero-order valence-corrected chi connectivity index (χ0v) is 35.1. The van der Waals surface area contributed by atoms with E-state index >= 15 is 0 Å². The fourth-order valence-electron chi connectivity index (χ4n) is 9.44. The summed E-state index contributed by atoms with van der Waals surface area (Å²) in [5.41, 5.74) is 14.7. The number of hydrogen-bond donors (Lipinski definition) is 0. The first-order valence-electron chi connectivity index (χ1n) is 23.4. The molecule has 0 aliphatic carbocycles. The summed E-state index contributed by atoms with van der Waals surface area (Å²) in [5, 5.41) is 1.10. The van der Waals surface area contributed by atoms with Crippen LogP contribution in [0.1, 0.15) is 31.8 Å². The van der Waals surface area contributed by atoms with Gasteiger partial charge in [-0.05, 0) is 93.9 Å². The minimum absolute atomic E-state index is 0.0411. The molecule has 0 unspecified atom stereocenters. The van der Waals surface area contributed by atoms with Gasteiger partial charge >= 0.3 is 0 Å². The third-order valence-electron chi connectivity index (χ3n) is 12.5. The number of rotatable bonds is 1. The normalized spacial score (nSPS) is 13.9. The van der Waals surface area contributed by atoms with E-state index in [9.17, 15) is 1.37 Å². The number of ether oxygens (including phenoxy) is 1. The van der Waals surface area contributed by atoms with Crippen LogP contribution in [0.25, 0.3) is 72.3 Å². The molecule has 302 valence electrons. The molecule has 12 rings (SSSR count). The molecule has 0 saturated carbocycles. The summed E-state index contributed by atoms with van der Waals surface area (Å²) in [4.78, 5) is 10.1. The molecule has 0 fully saturated rings. The van der Waals surface area contributed by atoms with Crippen LogP contribution in [0.15, 0.2) is 200 Å². The van der Waals surface area contributed by atoms with Crippen LogP contribution in [-0.2, 0) is 5.41 Å². The monoisotopic (exact) mass is 816 g/mol. The van der Waals surface area contributed by atoms with Crippen molar-refractivity contribution in [2.45, 2.75) is 26.2 Å². The quantitative estimate of drug-likeness (QED) is 0.165. The molecular formula is C58H44N4O. The number of aromatic nitrogens is 2. The zero-order valence-electron chi connectivity index (χ0n) is 39.1. The number of fused-ring (bicyclic) bond motifs is 23. The van der Waals surface area contributed by atoms with Gasteiger partial charge in [-0.25, -0.2) is 4.98 Å². The van der Waals surface area contributed by atoms with Gasteiger partial charge in [0.2, 0.25) is 0 Å². The van der Waals surface area contributed by atoms with Gasteiger partial charge in [0.1, 0.15) is 24.0 Å². The Morgan fingerprint density at radius 2 is 1.21 bits per heavy atom. The van der Waals surface area contributed by atoms with Crippen molar-refractivity contribution >= 4 is 44.6 Å². The molecule has 0 saturated heterocycles. The van der Waals surface area contributed by atoms with Crippen molar-refractivity contribution in [1.29, 1.82) is 0 Å². The van der Waals surface area contributed by atoms with Crippen LogP contribution in [0.3, 0.4) is 0 Å². The highest BCUT2D eigenvalue weighted by molar-refractivity contribution is 6.09. The molecule has 4 heterocycles. The first-order valence-corrected chi connectivity index (χ1v) is 21.4. The molecule has 0 spiro atoms. The van der Waals surface area contributed by atoms with Crippen molar-refractivity contribution in [3.05, 3.63) is 206 Å². The highest BCUT2D eigenvalue weighted by Crippen LogP contribution is 2.52. The third kappa shape index (κ3) is 6.19. The Kier molecular flexibility index (Phi) is 7.48. The SMILES string of the molecule is [2H]c1c([2H])c([2H])c2c(c1[2H])c1ccc3cc1n2-c1cccc(n1)-c1cccc(c1)-c1ccccc1-c1cccc(-c2cccc(C(C)(C)C)c2)c1N1CN(c2cccc(c2)O3)c2ccccc21.